The van der Waals surface area contributed by atoms with Gasteiger partial charge in [-0.05, 0) is 35.4 Å². The molecule has 22 heavy (non-hydrogen) atoms. The van der Waals surface area contributed by atoms with Crippen molar-refractivity contribution < 1.29 is 13.2 Å². The molecule has 2 aromatic carbocycles. The van der Waals surface area contributed by atoms with E-state index in [-0.39, 0.29) is 0 Å². The van der Waals surface area contributed by atoms with Crippen molar-refractivity contribution in [1.29, 1.82) is 0 Å². The summed E-state index contributed by atoms with van der Waals surface area (Å²) in [6.45, 7) is 0. The van der Waals surface area contributed by atoms with Gasteiger partial charge in [0.2, 0.25) is 0 Å². The Hall–Kier alpha value is -2.49. The van der Waals surface area contributed by atoms with Gasteiger partial charge in [0.1, 0.15) is 0 Å². The summed E-state index contributed by atoms with van der Waals surface area (Å²) in [6, 6.07) is 19.0. The molecular formula is C18H14F3N. The highest BCUT2D eigenvalue weighted by Crippen LogP contribution is 2.32. The third-order valence-electron chi connectivity index (χ3n) is 3.70. The lowest BCUT2D eigenvalue weighted by Crippen LogP contribution is -2.04. The van der Waals surface area contributed by atoms with Crippen molar-refractivity contribution in [3.63, 3.8) is 0 Å². The molecule has 0 bridgehead atoms. The van der Waals surface area contributed by atoms with Crippen molar-refractivity contribution in [1.82, 2.24) is 4.57 Å². The minimum atomic E-state index is -4.30. The third kappa shape index (κ3) is 2.64. The van der Waals surface area contributed by atoms with Gasteiger partial charge in [0.25, 0.3) is 0 Å². The quantitative estimate of drug-likeness (QED) is 0.599. The predicted octanol–water partition coefficient (Wildman–Crippen LogP) is 5.38. The summed E-state index contributed by atoms with van der Waals surface area (Å²) in [4.78, 5) is 0. The fourth-order valence-electron chi connectivity index (χ4n) is 2.53. The molecule has 0 spiro atoms. The van der Waals surface area contributed by atoms with Gasteiger partial charge >= 0.3 is 6.18 Å². The molecule has 0 fully saturated rings. The Kier molecular flexibility index (Phi) is 3.53. The highest BCUT2D eigenvalue weighted by molar-refractivity contribution is 5.69. The Bertz CT molecular complexity index is 768. The summed E-state index contributed by atoms with van der Waals surface area (Å²) in [7, 11) is 1.91. The maximum absolute atomic E-state index is 12.6. The standard InChI is InChI=1S/C18H14F3N/c1-22-16(13-5-3-2-4-6-13)11-12-17(22)14-7-9-15(10-8-14)18(19,20)21/h2-12H,1H3. The van der Waals surface area contributed by atoms with Crippen LogP contribution in [0.25, 0.3) is 22.5 Å². The number of alkyl halides is 3. The molecule has 0 atom stereocenters. The normalized spacial score (nSPS) is 11.6. The molecule has 3 rings (SSSR count). The Labute approximate surface area is 126 Å². The second-order valence-corrected chi connectivity index (χ2v) is 5.10. The van der Waals surface area contributed by atoms with Crippen LogP contribution in [-0.4, -0.2) is 4.57 Å². The molecule has 0 N–H and O–H groups in total. The van der Waals surface area contributed by atoms with Crippen LogP contribution in [0.5, 0.6) is 0 Å². The number of hydrogen-bond donors (Lipinski definition) is 0. The van der Waals surface area contributed by atoms with Gasteiger partial charge in [-0.15, -0.1) is 0 Å². The Morgan fingerprint density at radius 3 is 1.68 bits per heavy atom. The fraction of sp³-hybridized carbons (Fsp3) is 0.111. The van der Waals surface area contributed by atoms with E-state index < -0.39 is 11.7 Å². The number of halogens is 3. The van der Waals surface area contributed by atoms with Crippen molar-refractivity contribution >= 4 is 0 Å². The summed E-state index contributed by atoms with van der Waals surface area (Å²) in [5.41, 5.74) is 3.11. The van der Waals surface area contributed by atoms with Gasteiger partial charge in [0.15, 0.2) is 0 Å². The SMILES string of the molecule is Cn1c(-c2ccccc2)ccc1-c1ccc(C(F)(F)F)cc1. The average Bonchev–Trinajstić information content (AvgIpc) is 2.89. The van der Waals surface area contributed by atoms with Gasteiger partial charge in [-0.3, -0.25) is 0 Å². The van der Waals surface area contributed by atoms with Crippen LogP contribution < -0.4 is 0 Å². The van der Waals surface area contributed by atoms with Crippen LogP contribution in [0.1, 0.15) is 5.56 Å². The molecule has 112 valence electrons. The number of aromatic nitrogens is 1. The Balaban J connectivity index is 1.98. The summed E-state index contributed by atoms with van der Waals surface area (Å²) < 4.78 is 39.8. The molecule has 0 amide bonds. The van der Waals surface area contributed by atoms with Crippen LogP contribution in [0.2, 0.25) is 0 Å². The summed E-state index contributed by atoms with van der Waals surface area (Å²) >= 11 is 0. The van der Waals surface area contributed by atoms with Crippen molar-refractivity contribution in [2.45, 2.75) is 6.18 Å². The molecule has 0 saturated heterocycles. The summed E-state index contributed by atoms with van der Waals surface area (Å²) in [5.74, 6) is 0. The molecular weight excluding hydrogens is 287 g/mol. The molecule has 0 aliphatic heterocycles. The van der Waals surface area contributed by atoms with Gasteiger partial charge in [-0.1, -0.05) is 42.5 Å². The Morgan fingerprint density at radius 1 is 0.682 bits per heavy atom. The summed E-state index contributed by atoms with van der Waals surface area (Å²) in [5, 5.41) is 0. The van der Waals surface area contributed by atoms with E-state index in [0.29, 0.717) is 0 Å². The minimum absolute atomic E-state index is 0.631. The van der Waals surface area contributed by atoms with E-state index in [1.54, 1.807) is 0 Å². The molecule has 1 heterocycles. The van der Waals surface area contributed by atoms with E-state index >= 15 is 0 Å². The number of nitrogens with zero attached hydrogens (tertiary/aromatic N) is 1. The second kappa shape index (κ2) is 5.37. The molecule has 3 aromatic rings. The van der Waals surface area contributed by atoms with Crippen LogP contribution in [0, 0.1) is 0 Å². The smallest absolute Gasteiger partial charge is 0.344 e. The molecule has 4 heteroatoms. The minimum Gasteiger partial charge on any atom is -0.344 e. The Morgan fingerprint density at radius 2 is 1.18 bits per heavy atom. The zero-order chi connectivity index (χ0) is 15.7. The largest absolute Gasteiger partial charge is 0.416 e. The van der Waals surface area contributed by atoms with Gasteiger partial charge in [-0.25, -0.2) is 0 Å². The molecule has 1 aromatic heterocycles. The van der Waals surface area contributed by atoms with Gasteiger partial charge < -0.3 is 4.57 Å². The lowest BCUT2D eigenvalue weighted by atomic mass is 10.1. The monoisotopic (exact) mass is 301 g/mol. The van der Waals surface area contributed by atoms with Crippen LogP contribution >= 0.6 is 0 Å². The van der Waals surface area contributed by atoms with Crippen molar-refractivity contribution in [3.05, 3.63) is 72.3 Å². The van der Waals surface area contributed by atoms with E-state index in [1.165, 1.54) is 12.1 Å². The number of rotatable bonds is 2. The number of benzene rings is 2. The van der Waals surface area contributed by atoms with Crippen LogP contribution in [0.4, 0.5) is 13.2 Å². The zero-order valence-corrected chi connectivity index (χ0v) is 11.9. The topological polar surface area (TPSA) is 4.93 Å². The molecule has 0 saturated carbocycles. The van der Waals surface area contributed by atoms with E-state index in [2.05, 4.69) is 0 Å². The molecule has 1 nitrogen and oxygen atoms in total. The zero-order valence-electron chi connectivity index (χ0n) is 11.9. The molecule has 0 unspecified atom stereocenters. The highest BCUT2D eigenvalue weighted by Gasteiger charge is 2.30. The number of hydrogen-bond acceptors (Lipinski definition) is 0. The average molecular weight is 301 g/mol. The van der Waals surface area contributed by atoms with E-state index in [9.17, 15) is 13.2 Å². The molecule has 0 aliphatic rings. The van der Waals surface area contributed by atoms with Crippen molar-refractivity contribution in [2.75, 3.05) is 0 Å². The first kappa shape index (κ1) is 14.4. The van der Waals surface area contributed by atoms with Crippen molar-refractivity contribution in [3.8, 4) is 22.5 Å². The molecule has 0 radical (unpaired) electrons. The first-order valence-corrected chi connectivity index (χ1v) is 6.85. The van der Waals surface area contributed by atoms with Crippen LogP contribution in [-0.2, 0) is 13.2 Å². The van der Waals surface area contributed by atoms with Crippen molar-refractivity contribution in [2.24, 2.45) is 7.05 Å². The predicted molar refractivity (Wildman–Crippen MR) is 81.3 cm³/mol. The van der Waals surface area contributed by atoms with E-state index in [0.717, 1.165) is 34.6 Å². The highest BCUT2D eigenvalue weighted by atomic mass is 19.4. The lowest BCUT2D eigenvalue weighted by molar-refractivity contribution is -0.137. The second-order valence-electron chi connectivity index (χ2n) is 5.10. The maximum Gasteiger partial charge on any atom is 0.416 e. The molecule has 0 aliphatic carbocycles. The lowest BCUT2D eigenvalue weighted by Gasteiger charge is -2.10. The van der Waals surface area contributed by atoms with Crippen LogP contribution in [0.3, 0.4) is 0 Å². The third-order valence-corrected chi connectivity index (χ3v) is 3.70. The van der Waals surface area contributed by atoms with Crippen LogP contribution in [0.15, 0.2) is 66.7 Å². The van der Waals surface area contributed by atoms with E-state index in [4.69, 9.17) is 0 Å². The first-order chi connectivity index (χ1) is 10.5. The summed E-state index contributed by atoms with van der Waals surface area (Å²) in [6.07, 6.45) is -4.30. The van der Waals surface area contributed by atoms with Gasteiger partial charge in [-0.2, -0.15) is 13.2 Å². The van der Waals surface area contributed by atoms with Gasteiger partial charge in [0.05, 0.1) is 5.56 Å². The fourth-order valence-corrected chi connectivity index (χ4v) is 2.53. The maximum atomic E-state index is 12.6. The van der Waals surface area contributed by atoms with E-state index in [1.807, 2.05) is 54.1 Å². The first-order valence-electron chi connectivity index (χ1n) is 6.85. The van der Waals surface area contributed by atoms with Gasteiger partial charge in [0, 0.05) is 18.4 Å².